The Balaban J connectivity index is 2.23. The number of nitrogens with zero attached hydrogens (tertiary/aromatic N) is 2. The van der Waals surface area contributed by atoms with Gasteiger partial charge in [0.15, 0.2) is 0 Å². The number of nitrogen functional groups attached to an aromatic ring is 1. The molecule has 5 heteroatoms. The van der Waals surface area contributed by atoms with Crippen LogP contribution in [0.4, 0.5) is 11.5 Å². The molecule has 1 fully saturated rings. The first-order chi connectivity index (χ1) is 9.11. The predicted molar refractivity (Wildman–Crippen MR) is 77.0 cm³/mol. The molecule has 1 aromatic heterocycles. The van der Waals surface area contributed by atoms with Crippen LogP contribution in [0.2, 0.25) is 0 Å². The van der Waals surface area contributed by atoms with Crippen molar-refractivity contribution >= 4 is 17.4 Å². The lowest BCUT2D eigenvalue weighted by Crippen LogP contribution is -2.28. The Kier molecular flexibility index (Phi) is 4.24. The maximum atomic E-state index is 11.5. The Bertz CT molecular complexity index is 461. The summed E-state index contributed by atoms with van der Waals surface area (Å²) in [6.45, 7) is 4.08. The molecule has 1 aliphatic heterocycles. The first-order valence-corrected chi connectivity index (χ1v) is 6.92. The standard InChI is InChI=1S/C14H22N4O/c1-2-10-4-3-6-18(7-5-10)14-12(13(16)19)8-11(15)9-17-14/h8-10H,2-7,15H2,1H3,(H2,16,19). The lowest BCUT2D eigenvalue weighted by atomic mass is 9.98. The molecule has 1 amide bonds. The van der Waals surface area contributed by atoms with E-state index in [1.807, 2.05) is 0 Å². The van der Waals surface area contributed by atoms with Crippen LogP contribution in [0, 0.1) is 5.92 Å². The zero-order valence-corrected chi connectivity index (χ0v) is 11.4. The molecule has 1 aliphatic rings. The molecule has 104 valence electrons. The maximum Gasteiger partial charge on any atom is 0.252 e. The number of primary amides is 1. The summed E-state index contributed by atoms with van der Waals surface area (Å²) in [4.78, 5) is 18.0. The van der Waals surface area contributed by atoms with Gasteiger partial charge in [0.05, 0.1) is 17.4 Å². The number of aromatic nitrogens is 1. The summed E-state index contributed by atoms with van der Waals surface area (Å²) in [5.41, 5.74) is 12.0. The summed E-state index contributed by atoms with van der Waals surface area (Å²) < 4.78 is 0. The Hall–Kier alpha value is -1.78. The van der Waals surface area contributed by atoms with E-state index in [0.717, 1.165) is 31.8 Å². The van der Waals surface area contributed by atoms with E-state index in [2.05, 4.69) is 16.8 Å². The average molecular weight is 262 g/mol. The molecule has 1 unspecified atom stereocenters. The van der Waals surface area contributed by atoms with Crippen LogP contribution >= 0.6 is 0 Å². The van der Waals surface area contributed by atoms with Gasteiger partial charge in [-0.25, -0.2) is 4.98 Å². The van der Waals surface area contributed by atoms with Crippen molar-refractivity contribution in [2.45, 2.75) is 32.6 Å². The number of anilines is 2. The zero-order chi connectivity index (χ0) is 13.8. The van der Waals surface area contributed by atoms with E-state index in [1.165, 1.54) is 12.8 Å². The third-order valence-electron chi connectivity index (χ3n) is 3.88. The van der Waals surface area contributed by atoms with Gasteiger partial charge in [0, 0.05) is 13.1 Å². The van der Waals surface area contributed by atoms with Crippen molar-refractivity contribution in [3.63, 3.8) is 0 Å². The molecule has 0 aliphatic carbocycles. The van der Waals surface area contributed by atoms with Crippen LogP contribution in [0.1, 0.15) is 43.0 Å². The molecule has 19 heavy (non-hydrogen) atoms. The van der Waals surface area contributed by atoms with E-state index in [9.17, 15) is 4.79 Å². The first kappa shape index (κ1) is 13.6. The van der Waals surface area contributed by atoms with Crippen LogP contribution in [-0.4, -0.2) is 24.0 Å². The van der Waals surface area contributed by atoms with Gasteiger partial charge >= 0.3 is 0 Å². The van der Waals surface area contributed by atoms with Crippen LogP contribution in [0.3, 0.4) is 0 Å². The SMILES string of the molecule is CCC1CCCN(c2ncc(N)cc2C(N)=O)CC1. The molecule has 0 saturated carbocycles. The number of rotatable bonds is 3. The van der Waals surface area contributed by atoms with Crippen LogP contribution in [-0.2, 0) is 0 Å². The molecule has 0 spiro atoms. The van der Waals surface area contributed by atoms with Crippen molar-refractivity contribution < 1.29 is 4.79 Å². The van der Waals surface area contributed by atoms with E-state index >= 15 is 0 Å². The summed E-state index contributed by atoms with van der Waals surface area (Å²) in [7, 11) is 0. The van der Waals surface area contributed by atoms with Gasteiger partial charge in [-0.15, -0.1) is 0 Å². The number of amides is 1. The van der Waals surface area contributed by atoms with E-state index in [4.69, 9.17) is 11.5 Å². The van der Waals surface area contributed by atoms with Crippen molar-refractivity contribution in [3.8, 4) is 0 Å². The molecule has 0 bridgehead atoms. The minimum Gasteiger partial charge on any atom is -0.397 e. The molecular weight excluding hydrogens is 240 g/mol. The third-order valence-corrected chi connectivity index (χ3v) is 3.88. The Morgan fingerprint density at radius 1 is 1.47 bits per heavy atom. The molecule has 0 aromatic carbocycles. The molecule has 1 aromatic rings. The summed E-state index contributed by atoms with van der Waals surface area (Å²) in [6.07, 6.45) is 6.31. The Morgan fingerprint density at radius 3 is 2.95 bits per heavy atom. The largest absolute Gasteiger partial charge is 0.397 e. The number of nitrogens with two attached hydrogens (primary N) is 2. The minimum atomic E-state index is -0.467. The third kappa shape index (κ3) is 3.16. The zero-order valence-electron chi connectivity index (χ0n) is 11.4. The maximum absolute atomic E-state index is 11.5. The van der Waals surface area contributed by atoms with Crippen molar-refractivity contribution in [2.24, 2.45) is 11.7 Å². The predicted octanol–water partition coefficient (Wildman–Crippen LogP) is 1.78. The number of pyridine rings is 1. The first-order valence-electron chi connectivity index (χ1n) is 6.92. The molecule has 1 saturated heterocycles. The van der Waals surface area contributed by atoms with Gasteiger partial charge in [0.1, 0.15) is 5.82 Å². The van der Waals surface area contributed by atoms with Crippen LogP contribution in [0.15, 0.2) is 12.3 Å². The van der Waals surface area contributed by atoms with Crippen molar-refractivity contribution in [1.82, 2.24) is 4.98 Å². The van der Waals surface area contributed by atoms with Gasteiger partial charge in [-0.05, 0) is 31.2 Å². The highest BCUT2D eigenvalue weighted by molar-refractivity contribution is 5.98. The van der Waals surface area contributed by atoms with E-state index in [-0.39, 0.29) is 0 Å². The van der Waals surface area contributed by atoms with Crippen LogP contribution < -0.4 is 16.4 Å². The molecule has 5 nitrogen and oxygen atoms in total. The van der Waals surface area contributed by atoms with Gasteiger partial charge in [-0.3, -0.25) is 4.79 Å². The van der Waals surface area contributed by atoms with E-state index in [0.29, 0.717) is 17.1 Å². The molecule has 1 atom stereocenters. The molecule has 0 radical (unpaired) electrons. The van der Waals surface area contributed by atoms with Crippen LogP contribution in [0.5, 0.6) is 0 Å². The highest BCUT2D eigenvalue weighted by Crippen LogP contribution is 2.26. The lowest BCUT2D eigenvalue weighted by Gasteiger charge is -2.23. The summed E-state index contributed by atoms with van der Waals surface area (Å²) in [5.74, 6) is 0.986. The monoisotopic (exact) mass is 262 g/mol. The highest BCUT2D eigenvalue weighted by Gasteiger charge is 2.20. The molecular formula is C14H22N4O. The van der Waals surface area contributed by atoms with Gasteiger partial charge in [-0.2, -0.15) is 0 Å². The van der Waals surface area contributed by atoms with Crippen molar-refractivity contribution in [1.29, 1.82) is 0 Å². The average Bonchev–Trinajstić information content (AvgIpc) is 2.63. The Morgan fingerprint density at radius 2 is 2.26 bits per heavy atom. The Labute approximate surface area is 114 Å². The fourth-order valence-corrected chi connectivity index (χ4v) is 2.69. The molecule has 2 rings (SSSR count). The van der Waals surface area contributed by atoms with E-state index < -0.39 is 5.91 Å². The second-order valence-electron chi connectivity index (χ2n) is 5.20. The van der Waals surface area contributed by atoms with Crippen molar-refractivity contribution in [2.75, 3.05) is 23.7 Å². The minimum absolute atomic E-state index is 0.426. The van der Waals surface area contributed by atoms with E-state index in [1.54, 1.807) is 12.3 Å². The van der Waals surface area contributed by atoms with Gasteiger partial charge in [0.2, 0.25) is 0 Å². The number of carbonyl (C=O) groups excluding carboxylic acids is 1. The number of hydrogen-bond acceptors (Lipinski definition) is 4. The molecule has 4 N–H and O–H groups in total. The summed E-state index contributed by atoms with van der Waals surface area (Å²) in [6, 6.07) is 1.62. The molecule has 2 heterocycles. The summed E-state index contributed by atoms with van der Waals surface area (Å²) in [5, 5.41) is 0. The topological polar surface area (TPSA) is 85.2 Å². The quantitative estimate of drug-likeness (QED) is 0.869. The smallest absolute Gasteiger partial charge is 0.252 e. The van der Waals surface area contributed by atoms with Gasteiger partial charge in [-0.1, -0.05) is 13.3 Å². The second-order valence-corrected chi connectivity index (χ2v) is 5.20. The van der Waals surface area contributed by atoms with Gasteiger partial charge < -0.3 is 16.4 Å². The van der Waals surface area contributed by atoms with Gasteiger partial charge in [0.25, 0.3) is 5.91 Å². The van der Waals surface area contributed by atoms with Crippen LogP contribution in [0.25, 0.3) is 0 Å². The normalized spacial score (nSPS) is 20.1. The highest BCUT2D eigenvalue weighted by atomic mass is 16.1. The number of carbonyl (C=O) groups is 1. The lowest BCUT2D eigenvalue weighted by molar-refractivity contribution is 0.100. The fraction of sp³-hybridized carbons (Fsp3) is 0.571. The fourth-order valence-electron chi connectivity index (χ4n) is 2.69. The second kappa shape index (κ2) is 5.91. The van der Waals surface area contributed by atoms with Crippen molar-refractivity contribution in [3.05, 3.63) is 17.8 Å². The summed E-state index contributed by atoms with van der Waals surface area (Å²) >= 11 is 0. The number of hydrogen-bond donors (Lipinski definition) is 2.